The first-order valence-corrected chi connectivity index (χ1v) is 9.56. The molecule has 1 aromatic carbocycles. The van der Waals surface area contributed by atoms with Gasteiger partial charge in [-0.05, 0) is 18.2 Å². The van der Waals surface area contributed by atoms with Gasteiger partial charge in [-0.3, -0.25) is 4.79 Å². The van der Waals surface area contributed by atoms with Crippen LogP contribution in [0.2, 0.25) is 0 Å². The van der Waals surface area contributed by atoms with Crippen LogP contribution in [0.15, 0.2) is 29.8 Å². The Kier molecular flexibility index (Phi) is 4.85. The van der Waals surface area contributed by atoms with Crippen LogP contribution in [-0.2, 0) is 18.2 Å². The van der Waals surface area contributed by atoms with Gasteiger partial charge in [-0.25, -0.2) is 9.97 Å². The number of nitrogens with one attached hydrogen (secondary N) is 1. The number of fused-ring (bicyclic) bond motifs is 1. The van der Waals surface area contributed by atoms with Crippen LogP contribution in [0.5, 0.6) is 0 Å². The fourth-order valence-electron chi connectivity index (χ4n) is 3.14. The number of carbonyl (C=O) groups is 1. The summed E-state index contributed by atoms with van der Waals surface area (Å²) in [6, 6.07) is 5.67. The molecular weight excluding hydrogens is 350 g/mol. The minimum Gasteiger partial charge on any atom is -0.378 e. The van der Waals surface area contributed by atoms with Gasteiger partial charge in [0.1, 0.15) is 0 Å². The van der Waals surface area contributed by atoms with Crippen LogP contribution in [0.25, 0.3) is 11.0 Å². The first-order chi connectivity index (χ1) is 12.7. The van der Waals surface area contributed by atoms with Crippen molar-refractivity contribution in [1.82, 2.24) is 19.9 Å². The second-order valence-electron chi connectivity index (χ2n) is 6.21. The number of rotatable bonds is 5. The molecule has 0 saturated carbocycles. The molecule has 26 heavy (non-hydrogen) atoms. The Morgan fingerprint density at radius 1 is 1.35 bits per heavy atom. The number of amides is 1. The zero-order valence-electron chi connectivity index (χ0n) is 14.6. The molecule has 1 fully saturated rings. The van der Waals surface area contributed by atoms with Crippen molar-refractivity contribution in [2.24, 2.45) is 7.05 Å². The minimum atomic E-state index is -0.0815. The molecular formula is C18H21N5O2S. The number of hydrogen-bond acceptors (Lipinski definition) is 6. The predicted molar refractivity (Wildman–Crippen MR) is 102 cm³/mol. The van der Waals surface area contributed by atoms with Gasteiger partial charge in [0.25, 0.3) is 5.91 Å². The molecule has 0 bridgehead atoms. The molecule has 1 amide bonds. The molecule has 1 aliphatic heterocycles. The summed E-state index contributed by atoms with van der Waals surface area (Å²) < 4.78 is 7.49. The number of morpholine rings is 1. The van der Waals surface area contributed by atoms with Crippen molar-refractivity contribution in [2.75, 3.05) is 37.7 Å². The third-order valence-electron chi connectivity index (χ3n) is 4.52. The molecule has 0 unspecified atom stereocenters. The van der Waals surface area contributed by atoms with Crippen molar-refractivity contribution >= 4 is 34.2 Å². The Balaban J connectivity index is 1.48. The number of aryl methyl sites for hydroxylation is 1. The Hall–Kier alpha value is -2.45. The van der Waals surface area contributed by atoms with E-state index in [0.29, 0.717) is 12.1 Å². The van der Waals surface area contributed by atoms with Crippen molar-refractivity contribution < 1.29 is 9.53 Å². The maximum atomic E-state index is 12.4. The molecule has 1 saturated heterocycles. The SMILES string of the molecule is Cn1c(N2CCOCC2)nc2cc(C(=O)NCCc3nccs3)ccc21. The molecule has 136 valence electrons. The zero-order chi connectivity index (χ0) is 17.9. The summed E-state index contributed by atoms with van der Waals surface area (Å²) in [5.41, 5.74) is 2.48. The average molecular weight is 371 g/mol. The summed E-state index contributed by atoms with van der Waals surface area (Å²) in [7, 11) is 2.01. The van der Waals surface area contributed by atoms with Gasteiger partial charge in [-0.15, -0.1) is 11.3 Å². The van der Waals surface area contributed by atoms with E-state index in [1.807, 2.05) is 30.6 Å². The molecule has 7 nitrogen and oxygen atoms in total. The van der Waals surface area contributed by atoms with Gasteiger partial charge >= 0.3 is 0 Å². The van der Waals surface area contributed by atoms with E-state index in [0.717, 1.165) is 54.7 Å². The van der Waals surface area contributed by atoms with Crippen LogP contribution in [0, 0.1) is 0 Å². The highest BCUT2D eigenvalue weighted by atomic mass is 32.1. The first-order valence-electron chi connectivity index (χ1n) is 8.68. The molecule has 2 aromatic heterocycles. The van der Waals surface area contributed by atoms with Gasteiger partial charge in [-0.1, -0.05) is 0 Å². The van der Waals surface area contributed by atoms with E-state index in [2.05, 4.69) is 19.8 Å². The van der Waals surface area contributed by atoms with E-state index < -0.39 is 0 Å². The first kappa shape index (κ1) is 17.0. The lowest BCUT2D eigenvalue weighted by molar-refractivity contribution is 0.0954. The van der Waals surface area contributed by atoms with Gasteiger partial charge < -0.3 is 19.5 Å². The highest BCUT2D eigenvalue weighted by Crippen LogP contribution is 2.23. The van der Waals surface area contributed by atoms with Crippen molar-refractivity contribution in [2.45, 2.75) is 6.42 Å². The van der Waals surface area contributed by atoms with Crippen molar-refractivity contribution in [3.05, 3.63) is 40.3 Å². The average Bonchev–Trinajstić information content (AvgIpc) is 3.30. The summed E-state index contributed by atoms with van der Waals surface area (Å²) in [5, 5.41) is 5.92. The highest BCUT2D eigenvalue weighted by molar-refractivity contribution is 7.09. The molecule has 1 aliphatic rings. The van der Waals surface area contributed by atoms with Crippen LogP contribution in [-0.4, -0.2) is 53.3 Å². The summed E-state index contributed by atoms with van der Waals surface area (Å²) in [6.45, 7) is 3.68. The summed E-state index contributed by atoms with van der Waals surface area (Å²) >= 11 is 1.60. The van der Waals surface area contributed by atoms with E-state index in [1.54, 1.807) is 17.5 Å². The molecule has 3 aromatic rings. The second-order valence-corrected chi connectivity index (χ2v) is 7.18. The lowest BCUT2D eigenvalue weighted by atomic mass is 10.2. The maximum absolute atomic E-state index is 12.4. The Bertz CT molecular complexity index is 900. The third kappa shape index (κ3) is 3.42. The van der Waals surface area contributed by atoms with E-state index in [9.17, 15) is 4.79 Å². The predicted octanol–water partition coefficient (Wildman–Crippen LogP) is 1.84. The molecule has 0 atom stereocenters. The molecule has 4 rings (SSSR count). The summed E-state index contributed by atoms with van der Waals surface area (Å²) in [4.78, 5) is 23.6. The summed E-state index contributed by atoms with van der Waals surface area (Å²) in [5.74, 6) is 0.839. The number of ether oxygens (including phenoxy) is 1. The standard InChI is InChI=1S/C18H21N5O2S/c1-22-15-3-2-13(17(24)20-5-4-16-19-6-11-26-16)12-14(15)21-18(22)23-7-9-25-10-8-23/h2-3,6,11-12H,4-5,7-10H2,1H3,(H,20,24). The zero-order valence-corrected chi connectivity index (χ0v) is 15.5. The maximum Gasteiger partial charge on any atom is 0.251 e. The number of thiazole rings is 1. The molecule has 1 N–H and O–H groups in total. The highest BCUT2D eigenvalue weighted by Gasteiger charge is 2.18. The smallest absolute Gasteiger partial charge is 0.251 e. The van der Waals surface area contributed by atoms with Crippen LogP contribution in [0.4, 0.5) is 5.95 Å². The second kappa shape index (κ2) is 7.43. The lowest BCUT2D eigenvalue weighted by Crippen LogP contribution is -2.37. The van der Waals surface area contributed by atoms with E-state index >= 15 is 0 Å². The van der Waals surface area contributed by atoms with Gasteiger partial charge in [0.05, 0.1) is 29.3 Å². The minimum absolute atomic E-state index is 0.0815. The monoisotopic (exact) mass is 371 g/mol. The quantitative estimate of drug-likeness (QED) is 0.741. The number of carbonyl (C=O) groups excluding carboxylic acids is 1. The number of hydrogen-bond donors (Lipinski definition) is 1. The number of imidazole rings is 1. The number of nitrogens with zero attached hydrogens (tertiary/aromatic N) is 4. The number of benzene rings is 1. The molecule has 0 spiro atoms. The van der Waals surface area contributed by atoms with Crippen LogP contribution < -0.4 is 10.2 Å². The van der Waals surface area contributed by atoms with Gasteiger partial charge in [0.15, 0.2) is 0 Å². The van der Waals surface area contributed by atoms with Crippen molar-refractivity contribution in [3.63, 3.8) is 0 Å². The van der Waals surface area contributed by atoms with Gasteiger partial charge in [0.2, 0.25) is 5.95 Å². The van der Waals surface area contributed by atoms with Crippen molar-refractivity contribution in [1.29, 1.82) is 0 Å². The Labute approximate surface area is 155 Å². The molecule has 0 radical (unpaired) electrons. The van der Waals surface area contributed by atoms with E-state index in [4.69, 9.17) is 9.72 Å². The van der Waals surface area contributed by atoms with Crippen molar-refractivity contribution in [3.8, 4) is 0 Å². The fraction of sp³-hybridized carbons (Fsp3) is 0.389. The van der Waals surface area contributed by atoms with Gasteiger partial charge in [-0.2, -0.15) is 0 Å². The third-order valence-corrected chi connectivity index (χ3v) is 5.36. The Morgan fingerprint density at radius 3 is 2.96 bits per heavy atom. The number of aromatic nitrogens is 3. The van der Waals surface area contributed by atoms with E-state index in [-0.39, 0.29) is 5.91 Å². The number of anilines is 1. The topological polar surface area (TPSA) is 72.3 Å². The Morgan fingerprint density at radius 2 is 2.19 bits per heavy atom. The molecule has 3 heterocycles. The summed E-state index contributed by atoms with van der Waals surface area (Å²) in [6.07, 6.45) is 2.53. The fourth-order valence-corrected chi connectivity index (χ4v) is 3.76. The van der Waals surface area contributed by atoms with Crippen LogP contribution in [0.1, 0.15) is 15.4 Å². The normalized spacial score (nSPS) is 14.7. The van der Waals surface area contributed by atoms with E-state index in [1.165, 1.54) is 0 Å². The van der Waals surface area contributed by atoms with Crippen LogP contribution in [0.3, 0.4) is 0 Å². The van der Waals surface area contributed by atoms with Crippen LogP contribution >= 0.6 is 11.3 Å². The largest absolute Gasteiger partial charge is 0.378 e. The lowest BCUT2D eigenvalue weighted by Gasteiger charge is -2.27. The molecule has 8 heteroatoms. The van der Waals surface area contributed by atoms with Gasteiger partial charge in [0, 0.05) is 50.2 Å². The molecule has 0 aliphatic carbocycles.